The minimum atomic E-state index is -3.71. The first-order chi connectivity index (χ1) is 16.0. The van der Waals surface area contributed by atoms with Gasteiger partial charge in [-0.15, -0.1) is 4.40 Å². The van der Waals surface area contributed by atoms with Crippen LogP contribution in [0.15, 0.2) is 57.8 Å². The van der Waals surface area contributed by atoms with E-state index in [4.69, 9.17) is 0 Å². The molecule has 9 heteroatoms. The van der Waals surface area contributed by atoms with Crippen LogP contribution in [0.25, 0.3) is 0 Å². The van der Waals surface area contributed by atoms with Crippen molar-refractivity contribution in [3.8, 4) is 0 Å². The summed E-state index contributed by atoms with van der Waals surface area (Å²) >= 11 is 0. The van der Waals surface area contributed by atoms with E-state index in [1.54, 1.807) is 24.3 Å². The van der Waals surface area contributed by atoms with Crippen LogP contribution >= 0.6 is 0 Å². The molecule has 2 aromatic carbocycles. The van der Waals surface area contributed by atoms with Crippen LogP contribution in [0.2, 0.25) is 0 Å². The number of anilines is 2. The Kier molecular flexibility index (Phi) is 5.84. The Morgan fingerprint density at radius 2 is 1.76 bits per heavy atom. The lowest BCUT2D eigenvalue weighted by Gasteiger charge is -2.35. The normalized spacial score (nSPS) is 22.2. The number of piperazine rings is 1. The number of benzene rings is 2. The molecular formula is C24H29N5O3S. The SMILES string of the molecule is CCN1CCN(c2ccc(NC(=O)[C@@H]3CCCN3C3=NS(=O)(=O)c4ccccc43)cc2)CC1. The number of likely N-dealkylation sites (tertiary alicyclic amines) is 1. The van der Waals surface area contributed by atoms with Gasteiger partial charge in [-0.2, -0.15) is 8.42 Å². The molecule has 1 amide bonds. The van der Waals surface area contributed by atoms with E-state index in [1.165, 1.54) is 0 Å². The van der Waals surface area contributed by atoms with Crippen molar-refractivity contribution in [1.29, 1.82) is 0 Å². The Morgan fingerprint density at radius 3 is 2.48 bits per heavy atom. The van der Waals surface area contributed by atoms with Gasteiger partial charge in [0.1, 0.15) is 10.9 Å². The second kappa shape index (κ2) is 8.79. The molecule has 0 unspecified atom stereocenters. The molecule has 1 N–H and O–H groups in total. The summed E-state index contributed by atoms with van der Waals surface area (Å²) in [5.74, 6) is 0.242. The van der Waals surface area contributed by atoms with Gasteiger partial charge in [0.15, 0.2) is 5.84 Å². The van der Waals surface area contributed by atoms with Crippen molar-refractivity contribution in [3.05, 3.63) is 54.1 Å². The molecule has 5 rings (SSSR count). The number of amidine groups is 1. The van der Waals surface area contributed by atoms with Crippen molar-refractivity contribution >= 4 is 33.1 Å². The molecule has 3 heterocycles. The molecule has 3 aliphatic heterocycles. The number of amides is 1. The number of hydrogen-bond donors (Lipinski definition) is 1. The Balaban J connectivity index is 1.27. The van der Waals surface area contributed by atoms with E-state index in [0.717, 1.165) is 50.5 Å². The Morgan fingerprint density at radius 1 is 1.03 bits per heavy atom. The van der Waals surface area contributed by atoms with Crippen LogP contribution in [-0.2, 0) is 14.8 Å². The third-order valence-corrected chi connectivity index (χ3v) is 8.08. The van der Waals surface area contributed by atoms with Gasteiger partial charge in [-0.3, -0.25) is 4.79 Å². The molecule has 33 heavy (non-hydrogen) atoms. The first kappa shape index (κ1) is 21.9. The van der Waals surface area contributed by atoms with E-state index < -0.39 is 16.1 Å². The highest BCUT2D eigenvalue weighted by atomic mass is 32.2. The molecule has 0 aromatic heterocycles. The van der Waals surface area contributed by atoms with Gasteiger partial charge in [0.05, 0.1) is 0 Å². The molecule has 0 spiro atoms. The zero-order chi connectivity index (χ0) is 23.0. The van der Waals surface area contributed by atoms with Gasteiger partial charge in [-0.25, -0.2) is 0 Å². The monoisotopic (exact) mass is 467 g/mol. The van der Waals surface area contributed by atoms with Crippen molar-refractivity contribution in [2.24, 2.45) is 4.40 Å². The minimum absolute atomic E-state index is 0.138. The van der Waals surface area contributed by atoms with Crippen LogP contribution in [0.4, 0.5) is 11.4 Å². The topological polar surface area (TPSA) is 85.3 Å². The lowest BCUT2D eigenvalue weighted by atomic mass is 10.1. The van der Waals surface area contributed by atoms with Crippen molar-refractivity contribution in [2.45, 2.75) is 30.7 Å². The Bertz CT molecular complexity index is 1170. The summed E-state index contributed by atoms with van der Waals surface area (Å²) in [5.41, 5.74) is 2.47. The lowest BCUT2D eigenvalue weighted by Crippen LogP contribution is -2.46. The zero-order valence-corrected chi connectivity index (χ0v) is 19.6. The molecule has 2 aromatic rings. The fourth-order valence-electron chi connectivity index (χ4n) is 4.89. The number of nitrogens with one attached hydrogen (secondary N) is 1. The van der Waals surface area contributed by atoms with Crippen LogP contribution in [0.1, 0.15) is 25.3 Å². The highest BCUT2D eigenvalue weighted by Crippen LogP contribution is 2.31. The van der Waals surface area contributed by atoms with E-state index in [0.29, 0.717) is 24.4 Å². The van der Waals surface area contributed by atoms with E-state index >= 15 is 0 Å². The van der Waals surface area contributed by atoms with Crippen molar-refractivity contribution < 1.29 is 13.2 Å². The van der Waals surface area contributed by atoms with Gasteiger partial charge in [-0.05, 0) is 55.8 Å². The van der Waals surface area contributed by atoms with Gasteiger partial charge in [0.25, 0.3) is 10.0 Å². The Labute approximate surface area is 194 Å². The van der Waals surface area contributed by atoms with Crippen LogP contribution < -0.4 is 10.2 Å². The molecule has 2 fully saturated rings. The first-order valence-corrected chi connectivity index (χ1v) is 13.0. The summed E-state index contributed by atoms with van der Waals surface area (Å²) in [6.45, 7) is 8.01. The second-order valence-corrected chi connectivity index (χ2v) is 10.3. The predicted molar refractivity (Wildman–Crippen MR) is 129 cm³/mol. The molecule has 8 nitrogen and oxygen atoms in total. The standard InChI is InChI=1S/C24H29N5O3S/c1-2-27-14-16-28(17-15-27)19-11-9-18(10-12-19)25-24(30)21-7-5-13-29(21)23-20-6-3-4-8-22(20)33(31,32)26-23/h3-4,6,8-12,21H,2,5,7,13-17H2,1H3,(H,25,30)/t21-/m0/s1. The molecule has 0 saturated carbocycles. The highest BCUT2D eigenvalue weighted by Gasteiger charge is 2.39. The molecule has 0 bridgehead atoms. The zero-order valence-electron chi connectivity index (χ0n) is 18.8. The number of rotatable bonds is 4. The summed E-state index contributed by atoms with van der Waals surface area (Å²) in [7, 11) is -3.71. The molecular weight excluding hydrogens is 438 g/mol. The summed E-state index contributed by atoms with van der Waals surface area (Å²) in [6, 6.07) is 14.3. The Hall–Kier alpha value is -2.91. The molecule has 0 radical (unpaired) electrons. The van der Waals surface area contributed by atoms with Crippen molar-refractivity contribution in [1.82, 2.24) is 9.80 Å². The fourth-order valence-corrected chi connectivity index (χ4v) is 6.11. The maximum Gasteiger partial charge on any atom is 0.285 e. The number of fused-ring (bicyclic) bond motifs is 1. The number of sulfonamides is 1. The third-order valence-electron chi connectivity index (χ3n) is 6.76. The minimum Gasteiger partial charge on any atom is -0.369 e. The van der Waals surface area contributed by atoms with Crippen LogP contribution in [0.5, 0.6) is 0 Å². The summed E-state index contributed by atoms with van der Waals surface area (Å²) < 4.78 is 28.9. The summed E-state index contributed by atoms with van der Waals surface area (Å²) in [4.78, 5) is 20.0. The van der Waals surface area contributed by atoms with Gasteiger partial charge >= 0.3 is 0 Å². The largest absolute Gasteiger partial charge is 0.369 e. The number of carbonyl (C=O) groups is 1. The van der Waals surface area contributed by atoms with Crippen molar-refractivity contribution in [3.63, 3.8) is 0 Å². The fraction of sp³-hybridized carbons (Fsp3) is 0.417. The van der Waals surface area contributed by atoms with E-state index in [9.17, 15) is 13.2 Å². The molecule has 2 saturated heterocycles. The lowest BCUT2D eigenvalue weighted by molar-refractivity contribution is -0.119. The first-order valence-electron chi connectivity index (χ1n) is 11.6. The van der Waals surface area contributed by atoms with Gasteiger partial charge in [0, 0.05) is 49.7 Å². The van der Waals surface area contributed by atoms with E-state index in [1.807, 2.05) is 29.2 Å². The number of likely N-dealkylation sites (N-methyl/N-ethyl adjacent to an activating group) is 1. The number of nitrogens with zero attached hydrogens (tertiary/aromatic N) is 4. The summed E-state index contributed by atoms with van der Waals surface area (Å²) in [5, 5.41) is 3.02. The molecule has 0 aliphatic carbocycles. The van der Waals surface area contributed by atoms with Gasteiger partial charge in [0.2, 0.25) is 5.91 Å². The maximum absolute atomic E-state index is 13.1. The average molecular weight is 468 g/mol. The summed E-state index contributed by atoms with van der Waals surface area (Å²) in [6.07, 6.45) is 1.47. The maximum atomic E-state index is 13.1. The highest BCUT2D eigenvalue weighted by molar-refractivity contribution is 7.90. The molecule has 3 aliphatic rings. The second-order valence-electron chi connectivity index (χ2n) is 8.69. The average Bonchev–Trinajstić information content (AvgIpc) is 3.42. The third kappa shape index (κ3) is 4.22. The molecule has 174 valence electrons. The van der Waals surface area contributed by atoms with E-state index in [-0.39, 0.29) is 10.8 Å². The van der Waals surface area contributed by atoms with E-state index in [2.05, 4.69) is 26.4 Å². The van der Waals surface area contributed by atoms with Crippen LogP contribution in [-0.4, -0.2) is 75.3 Å². The number of hydrogen-bond acceptors (Lipinski definition) is 6. The molecule has 1 atom stereocenters. The number of carbonyl (C=O) groups excluding carboxylic acids is 1. The predicted octanol–water partition coefficient (Wildman–Crippen LogP) is 2.38. The van der Waals surface area contributed by atoms with Gasteiger partial charge < -0.3 is 20.0 Å². The van der Waals surface area contributed by atoms with Crippen LogP contribution in [0, 0.1) is 0 Å². The quantitative estimate of drug-likeness (QED) is 0.743. The van der Waals surface area contributed by atoms with Crippen LogP contribution in [0.3, 0.4) is 0 Å². The van der Waals surface area contributed by atoms with Gasteiger partial charge in [-0.1, -0.05) is 19.1 Å². The smallest absolute Gasteiger partial charge is 0.285 e. The van der Waals surface area contributed by atoms with Crippen molar-refractivity contribution in [2.75, 3.05) is 49.5 Å².